The summed E-state index contributed by atoms with van der Waals surface area (Å²) in [6.07, 6.45) is 2.58. The number of nitrogens with zero attached hydrogens (tertiary/aromatic N) is 1. The van der Waals surface area contributed by atoms with E-state index in [9.17, 15) is 14.4 Å². The van der Waals surface area contributed by atoms with E-state index in [1.807, 2.05) is 13.8 Å². The molecule has 0 saturated carbocycles. The first-order chi connectivity index (χ1) is 9.70. The zero-order valence-electron chi connectivity index (χ0n) is 12.8. The van der Waals surface area contributed by atoms with Crippen molar-refractivity contribution in [3.05, 3.63) is 34.2 Å². The van der Waals surface area contributed by atoms with Gasteiger partial charge in [0, 0.05) is 12.3 Å². The molecular formula is C15H22N2O4. The Morgan fingerprint density at radius 2 is 2.00 bits per heavy atom. The van der Waals surface area contributed by atoms with Crippen molar-refractivity contribution in [2.45, 2.75) is 52.1 Å². The molecule has 0 fully saturated rings. The van der Waals surface area contributed by atoms with Crippen molar-refractivity contribution < 1.29 is 14.7 Å². The summed E-state index contributed by atoms with van der Waals surface area (Å²) in [5, 5.41) is 11.6. The van der Waals surface area contributed by atoms with Gasteiger partial charge in [0.25, 0.3) is 5.56 Å². The third-order valence-corrected chi connectivity index (χ3v) is 3.40. The maximum Gasteiger partial charge on any atom is 0.326 e. The fraction of sp³-hybridized carbons (Fsp3) is 0.533. The molecule has 0 spiro atoms. The molecule has 0 aliphatic rings. The van der Waals surface area contributed by atoms with Crippen molar-refractivity contribution in [2.75, 3.05) is 0 Å². The minimum atomic E-state index is -1.16. The van der Waals surface area contributed by atoms with Crippen molar-refractivity contribution in [2.24, 2.45) is 0 Å². The number of carboxylic acids is 1. The van der Waals surface area contributed by atoms with Crippen LogP contribution in [0.3, 0.4) is 0 Å². The Hall–Kier alpha value is -2.11. The van der Waals surface area contributed by atoms with Gasteiger partial charge in [-0.05, 0) is 32.8 Å². The Kier molecular flexibility index (Phi) is 5.29. The highest BCUT2D eigenvalue weighted by molar-refractivity contribution is 5.88. The molecule has 1 atom stereocenters. The summed E-state index contributed by atoms with van der Waals surface area (Å²) in [6.45, 7) is 6.85. The molecule has 0 radical (unpaired) electrons. The number of hydrogen-bond acceptors (Lipinski definition) is 3. The first kappa shape index (κ1) is 16.9. The molecule has 6 nitrogen and oxygen atoms in total. The Morgan fingerprint density at radius 1 is 1.38 bits per heavy atom. The molecule has 0 aromatic carbocycles. The number of carbonyl (C=O) groups excluding carboxylic acids is 1. The van der Waals surface area contributed by atoms with Crippen LogP contribution in [0.4, 0.5) is 0 Å². The third-order valence-electron chi connectivity index (χ3n) is 3.40. The number of carbonyl (C=O) groups is 2. The van der Waals surface area contributed by atoms with Gasteiger partial charge in [0.05, 0.1) is 0 Å². The van der Waals surface area contributed by atoms with Crippen molar-refractivity contribution in [3.63, 3.8) is 0 Å². The van der Waals surface area contributed by atoms with Crippen LogP contribution in [0.15, 0.2) is 23.1 Å². The Morgan fingerprint density at radius 3 is 2.52 bits per heavy atom. The highest BCUT2D eigenvalue weighted by Gasteiger charge is 2.33. The first-order valence-corrected chi connectivity index (χ1v) is 6.93. The number of amides is 1. The van der Waals surface area contributed by atoms with Crippen LogP contribution in [-0.2, 0) is 15.1 Å². The predicted molar refractivity (Wildman–Crippen MR) is 79.2 cm³/mol. The third kappa shape index (κ3) is 3.93. The van der Waals surface area contributed by atoms with E-state index < -0.39 is 23.5 Å². The highest BCUT2D eigenvalue weighted by atomic mass is 16.4. The second-order valence-corrected chi connectivity index (χ2v) is 5.63. The molecule has 1 aromatic rings. The van der Waals surface area contributed by atoms with E-state index in [-0.39, 0.29) is 5.56 Å². The summed E-state index contributed by atoms with van der Waals surface area (Å²) in [4.78, 5) is 35.4. The van der Waals surface area contributed by atoms with E-state index in [0.29, 0.717) is 12.8 Å². The smallest absolute Gasteiger partial charge is 0.326 e. The molecular weight excluding hydrogens is 272 g/mol. The van der Waals surface area contributed by atoms with E-state index in [1.165, 1.54) is 10.6 Å². The molecule has 2 N–H and O–H groups in total. The van der Waals surface area contributed by atoms with Gasteiger partial charge >= 0.3 is 5.97 Å². The zero-order valence-corrected chi connectivity index (χ0v) is 12.8. The predicted octanol–water partition coefficient (Wildman–Crippen LogP) is 1.26. The molecule has 0 aliphatic carbocycles. The van der Waals surface area contributed by atoms with Crippen LogP contribution in [0.2, 0.25) is 0 Å². The number of carboxylic acid groups (broad SMARTS) is 1. The van der Waals surface area contributed by atoms with Gasteiger partial charge < -0.3 is 15.0 Å². The molecule has 0 bridgehead atoms. The van der Waals surface area contributed by atoms with Crippen LogP contribution in [0, 0.1) is 6.92 Å². The summed E-state index contributed by atoms with van der Waals surface area (Å²) < 4.78 is 1.32. The van der Waals surface area contributed by atoms with Gasteiger partial charge in [-0.2, -0.15) is 0 Å². The van der Waals surface area contributed by atoms with Crippen LogP contribution < -0.4 is 10.9 Å². The maximum atomic E-state index is 12.4. The zero-order chi connectivity index (χ0) is 16.2. The number of nitrogens with one attached hydrogen (secondary N) is 1. The Balaban J connectivity index is 3.06. The molecule has 1 rings (SSSR count). The van der Waals surface area contributed by atoms with Gasteiger partial charge in [-0.1, -0.05) is 19.4 Å². The molecule has 116 valence electrons. The lowest BCUT2D eigenvalue weighted by molar-refractivity contribution is -0.143. The van der Waals surface area contributed by atoms with Crippen LogP contribution in [0.5, 0.6) is 0 Å². The number of rotatable bonds is 6. The van der Waals surface area contributed by atoms with Crippen LogP contribution in [-0.4, -0.2) is 27.6 Å². The highest BCUT2D eigenvalue weighted by Crippen LogP contribution is 2.14. The topological polar surface area (TPSA) is 88.4 Å². The van der Waals surface area contributed by atoms with Gasteiger partial charge in [0.2, 0.25) is 5.91 Å². The molecule has 0 saturated heterocycles. The lowest BCUT2D eigenvalue weighted by Crippen LogP contribution is -2.53. The first-order valence-electron chi connectivity index (χ1n) is 6.93. The second-order valence-electron chi connectivity index (χ2n) is 5.63. The molecule has 0 aliphatic heterocycles. The van der Waals surface area contributed by atoms with E-state index in [0.717, 1.165) is 5.56 Å². The average molecular weight is 294 g/mol. The van der Waals surface area contributed by atoms with Crippen LogP contribution in [0.1, 0.15) is 39.2 Å². The van der Waals surface area contributed by atoms with Gasteiger partial charge in [0.1, 0.15) is 11.6 Å². The Labute approximate surface area is 123 Å². The van der Waals surface area contributed by atoms with E-state index in [2.05, 4.69) is 5.32 Å². The SMILES string of the molecule is CCCC(NC(=O)C(C)(C)n1cc(C)ccc1=O)C(=O)O. The van der Waals surface area contributed by atoms with Crippen molar-refractivity contribution in [1.29, 1.82) is 0 Å². The summed E-state index contributed by atoms with van der Waals surface area (Å²) in [7, 11) is 0. The molecule has 1 aromatic heterocycles. The quantitative estimate of drug-likeness (QED) is 0.826. The molecule has 21 heavy (non-hydrogen) atoms. The standard InChI is InChI=1S/C15H22N2O4/c1-5-6-11(13(19)20)16-14(21)15(3,4)17-9-10(2)7-8-12(17)18/h7-9,11H,5-6H2,1-4H3,(H,16,21)(H,19,20). The number of pyridine rings is 1. The molecule has 1 amide bonds. The van der Waals surface area contributed by atoms with E-state index in [4.69, 9.17) is 5.11 Å². The fourth-order valence-corrected chi connectivity index (χ4v) is 2.02. The lowest BCUT2D eigenvalue weighted by atomic mass is 10.0. The summed E-state index contributed by atoms with van der Waals surface area (Å²) in [5.41, 5.74) is -0.619. The van der Waals surface area contributed by atoms with Crippen LogP contribution in [0.25, 0.3) is 0 Å². The summed E-state index contributed by atoms with van der Waals surface area (Å²) >= 11 is 0. The summed E-state index contributed by atoms with van der Waals surface area (Å²) in [5.74, 6) is -1.56. The van der Waals surface area contributed by atoms with Crippen molar-refractivity contribution in [3.8, 4) is 0 Å². The van der Waals surface area contributed by atoms with Gasteiger partial charge in [0.15, 0.2) is 0 Å². The monoisotopic (exact) mass is 294 g/mol. The maximum absolute atomic E-state index is 12.4. The second kappa shape index (κ2) is 6.56. The number of aromatic nitrogens is 1. The minimum Gasteiger partial charge on any atom is -0.480 e. The molecule has 1 unspecified atom stereocenters. The van der Waals surface area contributed by atoms with Gasteiger partial charge in [-0.3, -0.25) is 9.59 Å². The molecule has 1 heterocycles. The summed E-state index contributed by atoms with van der Waals surface area (Å²) in [6, 6.07) is 2.12. The lowest BCUT2D eigenvalue weighted by Gasteiger charge is -2.28. The number of hydrogen-bond donors (Lipinski definition) is 2. The van der Waals surface area contributed by atoms with E-state index >= 15 is 0 Å². The Bertz CT molecular complexity index is 590. The minimum absolute atomic E-state index is 0.303. The van der Waals surface area contributed by atoms with Crippen molar-refractivity contribution in [1.82, 2.24) is 9.88 Å². The average Bonchev–Trinajstić information content (AvgIpc) is 2.40. The van der Waals surface area contributed by atoms with Gasteiger partial charge in [-0.25, -0.2) is 4.79 Å². The molecule has 6 heteroatoms. The van der Waals surface area contributed by atoms with Gasteiger partial charge in [-0.15, -0.1) is 0 Å². The normalized spacial score (nSPS) is 12.8. The number of aryl methyl sites for hydroxylation is 1. The van der Waals surface area contributed by atoms with E-state index in [1.54, 1.807) is 26.1 Å². The number of aliphatic carboxylic acids is 1. The fourth-order valence-electron chi connectivity index (χ4n) is 2.02. The van der Waals surface area contributed by atoms with Crippen molar-refractivity contribution >= 4 is 11.9 Å². The van der Waals surface area contributed by atoms with Crippen LogP contribution >= 0.6 is 0 Å². The largest absolute Gasteiger partial charge is 0.480 e.